The van der Waals surface area contributed by atoms with Gasteiger partial charge in [0, 0.05) is 11.9 Å². The molecule has 8 heteroatoms. The van der Waals surface area contributed by atoms with Gasteiger partial charge in [-0.1, -0.05) is 23.7 Å². The Labute approximate surface area is 153 Å². The summed E-state index contributed by atoms with van der Waals surface area (Å²) in [4.78, 5) is 20.5. The van der Waals surface area contributed by atoms with Crippen LogP contribution < -0.4 is 10.6 Å². The summed E-state index contributed by atoms with van der Waals surface area (Å²) >= 11 is 5.70. The third-order valence-corrected chi connectivity index (χ3v) is 3.65. The molecule has 26 heavy (non-hydrogen) atoms. The molecule has 0 fully saturated rings. The highest BCUT2D eigenvalue weighted by Gasteiger charge is 2.11. The normalized spacial score (nSPS) is 10.0. The number of rotatable bonds is 4. The van der Waals surface area contributed by atoms with Gasteiger partial charge in [0.05, 0.1) is 16.3 Å². The molecule has 0 atom stereocenters. The average molecular weight is 368 g/mol. The lowest BCUT2D eigenvalue weighted by atomic mass is 10.2. The maximum atomic E-state index is 13.2. The Balaban J connectivity index is 1.79. The number of halogens is 2. The second-order valence-electron chi connectivity index (χ2n) is 5.13. The van der Waals surface area contributed by atoms with Crippen molar-refractivity contribution in [2.45, 2.75) is 0 Å². The fourth-order valence-corrected chi connectivity index (χ4v) is 2.31. The highest BCUT2D eigenvalue weighted by atomic mass is 35.5. The summed E-state index contributed by atoms with van der Waals surface area (Å²) in [7, 11) is 0. The van der Waals surface area contributed by atoms with E-state index in [2.05, 4.69) is 26.7 Å². The first-order chi connectivity index (χ1) is 12.6. The predicted molar refractivity (Wildman–Crippen MR) is 95.8 cm³/mol. The van der Waals surface area contributed by atoms with Crippen molar-refractivity contribution < 1.29 is 9.18 Å². The van der Waals surface area contributed by atoms with Crippen LogP contribution in [-0.2, 0) is 0 Å². The third-order valence-electron chi connectivity index (χ3n) is 3.36. The fraction of sp³-hybridized carbons (Fsp3) is 0. The standard InChI is InChI=1S/C18H11ClFN5O/c19-13-9-12(5-6-14(13)20)23-17(26)16-7-8-22-18(25-16)24-15-4-2-1-3-11(15)10-21/h1-9H,(H,23,26)(H,22,24,25). The second kappa shape index (κ2) is 7.59. The van der Waals surface area contributed by atoms with E-state index in [1.54, 1.807) is 24.3 Å². The number of aromatic nitrogens is 2. The van der Waals surface area contributed by atoms with Gasteiger partial charge in [0.15, 0.2) is 0 Å². The van der Waals surface area contributed by atoms with Gasteiger partial charge in [-0.25, -0.2) is 14.4 Å². The van der Waals surface area contributed by atoms with E-state index in [9.17, 15) is 9.18 Å². The maximum Gasteiger partial charge on any atom is 0.274 e. The van der Waals surface area contributed by atoms with Crippen LogP contribution in [-0.4, -0.2) is 15.9 Å². The van der Waals surface area contributed by atoms with Crippen LogP contribution in [0, 0.1) is 17.1 Å². The Hall–Kier alpha value is -3.50. The molecule has 0 radical (unpaired) electrons. The summed E-state index contributed by atoms with van der Waals surface area (Å²) in [6.07, 6.45) is 1.41. The summed E-state index contributed by atoms with van der Waals surface area (Å²) in [5.41, 5.74) is 1.38. The molecule has 0 saturated heterocycles. The number of carbonyl (C=O) groups is 1. The number of nitrogens with one attached hydrogen (secondary N) is 2. The smallest absolute Gasteiger partial charge is 0.274 e. The first-order valence-electron chi connectivity index (χ1n) is 7.42. The van der Waals surface area contributed by atoms with Crippen LogP contribution in [0.15, 0.2) is 54.7 Å². The summed E-state index contributed by atoms with van der Waals surface area (Å²) in [6, 6.07) is 14.2. The van der Waals surface area contributed by atoms with E-state index in [4.69, 9.17) is 16.9 Å². The van der Waals surface area contributed by atoms with Crippen LogP contribution in [0.4, 0.5) is 21.7 Å². The number of para-hydroxylation sites is 1. The van der Waals surface area contributed by atoms with Crippen LogP contribution in [0.25, 0.3) is 0 Å². The van der Waals surface area contributed by atoms with Crippen molar-refractivity contribution in [3.63, 3.8) is 0 Å². The van der Waals surface area contributed by atoms with Crippen LogP contribution in [0.5, 0.6) is 0 Å². The number of carbonyl (C=O) groups excluding carboxylic acids is 1. The van der Waals surface area contributed by atoms with Gasteiger partial charge in [-0.15, -0.1) is 0 Å². The lowest BCUT2D eigenvalue weighted by Crippen LogP contribution is -2.15. The molecule has 6 nitrogen and oxygen atoms in total. The summed E-state index contributed by atoms with van der Waals surface area (Å²) in [5, 5.41) is 14.5. The van der Waals surface area contributed by atoms with Gasteiger partial charge >= 0.3 is 0 Å². The second-order valence-corrected chi connectivity index (χ2v) is 5.54. The van der Waals surface area contributed by atoms with Gasteiger partial charge in [0.1, 0.15) is 17.6 Å². The Morgan fingerprint density at radius 3 is 2.77 bits per heavy atom. The molecule has 3 rings (SSSR count). The molecule has 2 aromatic carbocycles. The van der Waals surface area contributed by atoms with Gasteiger partial charge in [-0.2, -0.15) is 5.26 Å². The Bertz CT molecular complexity index is 1020. The third kappa shape index (κ3) is 3.94. The minimum absolute atomic E-state index is 0.0948. The average Bonchev–Trinajstić information content (AvgIpc) is 2.65. The zero-order valence-electron chi connectivity index (χ0n) is 13.2. The van der Waals surface area contributed by atoms with Crippen molar-refractivity contribution in [2.24, 2.45) is 0 Å². The number of nitriles is 1. The molecule has 0 aliphatic rings. The number of anilines is 3. The van der Waals surface area contributed by atoms with Crippen LogP contribution >= 0.6 is 11.6 Å². The molecule has 0 saturated carbocycles. The molecule has 0 unspecified atom stereocenters. The van der Waals surface area contributed by atoms with Gasteiger partial charge in [0.2, 0.25) is 5.95 Å². The molecule has 0 aliphatic carbocycles. The molecule has 128 valence electrons. The van der Waals surface area contributed by atoms with E-state index in [0.29, 0.717) is 16.9 Å². The van der Waals surface area contributed by atoms with E-state index >= 15 is 0 Å². The van der Waals surface area contributed by atoms with Crippen LogP contribution in [0.2, 0.25) is 5.02 Å². The van der Waals surface area contributed by atoms with Gasteiger partial charge < -0.3 is 10.6 Å². The molecule has 3 aromatic rings. The highest BCUT2D eigenvalue weighted by molar-refractivity contribution is 6.31. The minimum Gasteiger partial charge on any atom is -0.323 e. The highest BCUT2D eigenvalue weighted by Crippen LogP contribution is 2.20. The number of amides is 1. The predicted octanol–water partition coefficient (Wildman–Crippen LogP) is 4.14. The molecule has 1 heterocycles. The monoisotopic (exact) mass is 367 g/mol. The van der Waals surface area contributed by atoms with Gasteiger partial charge in [-0.3, -0.25) is 4.79 Å². The molecular formula is C18H11ClFN5O. The fourth-order valence-electron chi connectivity index (χ4n) is 2.12. The largest absolute Gasteiger partial charge is 0.323 e. The van der Waals surface area contributed by atoms with E-state index in [0.717, 1.165) is 6.07 Å². The maximum absolute atomic E-state index is 13.2. The van der Waals surface area contributed by atoms with Crippen molar-refractivity contribution in [3.05, 3.63) is 76.8 Å². The first kappa shape index (κ1) is 17.3. The summed E-state index contributed by atoms with van der Waals surface area (Å²) in [5.74, 6) is -0.918. The topological polar surface area (TPSA) is 90.7 Å². The lowest BCUT2D eigenvalue weighted by Gasteiger charge is -2.08. The van der Waals surface area contributed by atoms with Crippen molar-refractivity contribution in [1.29, 1.82) is 5.26 Å². The van der Waals surface area contributed by atoms with Crippen molar-refractivity contribution in [3.8, 4) is 6.07 Å². The van der Waals surface area contributed by atoms with E-state index in [-0.39, 0.29) is 16.7 Å². The van der Waals surface area contributed by atoms with Crippen molar-refractivity contribution in [1.82, 2.24) is 9.97 Å². The number of hydrogen-bond donors (Lipinski definition) is 2. The molecular weight excluding hydrogens is 357 g/mol. The van der Waals surface area contributed by atoms with Gasteiger partial charge in [0.25, 0.3) is 5.91 Å². The zero-order valence-corrected chi connectivity index (χ0v) is 14.0. The van der Waals surface area contributed by atoms with Crippen molar-refractivity contribution in [2.75, 3.05) is 10.6 Å². The Kier molecular flexibility index (Phi) is 5.06. The van der Waals surface area contributed by atoms with E-state index in [1.807, 2.05) is 0 Å². The molecule has 1 aromatic heterocycles. The molecule has 0 bridgehead atoms. The molecule has 1 amide bonds. The lowest BCUT2D eigenvalue weighted by molar-refractivity contribution is 0.102. The number of hydrogen-bond acceptors (Lipinski definition) is 5. The number of benzene rings is 2. The van der Waals surface area contributed by atoms with E-state index in [1.165, 1.54) is 24.4 Å². The SMILES string of the molecule is N#Cc1ccccc1Nc1nccc(C(=O)Nc2ccc(F)c(Cl)c2)n1. The van der Waals surface area contributed by atoms with Crippen molar-refractivity contribution >= 4 is 34.8 Å². The van der Waals surface area contributed by atoms with Crippen LogP contribution in [0.3, 0.4) is 0 Å². The number of nitrogens with zero attached hydrogens (tertiary/aromatic N) is 3. The molecule has 0 spiro atoms. The summed E-state index contributed by atoms with van der Waals surface area (Å²) < 4.78 is 13.2. The van der Waals surface area contributed by atoms with E-state index < -0.39 is 11.7 Å². The summed E-state index contributed by atoms with van der Waals surface area (Å²) in [6.45, 7) is 0. The first-order valence-corrected chi connectivity index (χ1v) is 7.80. The minimum atomic E-state index is -0.575. The molecule has 0 aliphatic heterocycles. The van der Waals surface area contributed by atoms with Gasteiger partial charge in [-0.05, 0) is 36.4 Å². The Morgan fingerprint density at radius 2 is 2.00 bits per heavy atom. The Morgan fingerprint density at radius 1 is 1.19 bits per heavy atom. The molecule has 2 N–H and O–H groups in total. The zero-order chi connectivity index (χ0) is 18.5. The quantitative estimate of drug-likeness (QED) is 0.723. The van der Waals surface area contributed by atoms with Crippen LogP contribution in [0.1, 0.15) is 16.1 Å².